The molecule has 2 aromatic rings. The fourth-order valence-electron chi connectivity index (χ4n) is 4.00. The lowest BCUT2D eigenvalue weighted by atomic mass is 9.94. The van der Waals surface area contributed by atoms with Crippen LogP contribution in [0.25, 0.3) is 0 Å². The Bertz CT molecular complexity index is 938. The molecule has 1 N–H and O–H groups in total. The second kappa shape index (κ2) is 11.5. The molecule has 0 atom stereocenters. The van der Waals surface area contributed by atoms with Crippen molar-refractivity contribution in [3.05, 3.63) is 58.1 Å². The number of ether oxygens (including phenoxy) is 1. The third kappa shape index (κ3) is 6.35. The van der Waals surface area contributed by atoms with E-state index in [0.29, 0.717) is 35.1 Å². The molecule has 6 heteroatoms. The molecule has 32 heavy (non-hydrogen) atoms. The third-order valence-electron chi connectivity index (χ3n) is 5.99. The monoisotopic (exact) mass is 500 g/mol. The number of hydrogen-bond donors (Lipinski definition) is 1. The number of benzene rings is 2. The zero-order chi connectivity index (χ0) is 23.1. The molecule has 1 fully saturated rings. The molecule has 0 aliphatic heterocycles. The van der Waals surface area contributed by atoms with Crippen LogP contribution in [0.5, 0.6) is 5.75 Å². The molecule has 0 unspecified atom stereocenters. The summed E-state index contributed by atoms with van der Waals surface area (Å²) in [5.74, 6) is 0.693. The summed E-state index contributed by atoms with van der Waals surface area (Å²) in [6.07, 6.45) is 6.52. The Morgan fingerprint density at radius 3 is 2.53 bits per heavy atom. The predicted molar refractivity (Wildman–Crippen MR) is 132 cm³/mol. The number of hydrogen-bond acceptors (Lipinski definition) is 3. The van der Waals surface area contributed by atoms with Gasteiger partial charge in [0, 0.05) is 17.6 Å². The second-order valence-electron chi connectivity index (χ2n) is 8.88. The summed E-state index contributed by atoms with van der Waals surface area (Å²) in [5, 5.41) is 2.95. The first kappa shape index (κ1) is 24.3. The average molecular weight is 501 g/mol. The van der Waals surface area contributed by atoms with Crippen LogP contribution in [0, 0.1) is 5.92 Å². The van der Waals surface area contributed by atoms with Crippen LogP contribution in [0.15, 0.2) is 46.9 Å². The number of halogens is 1. The lowest BCUT2D eigenvalue weighted by Gasteiger charge is -2.31. The van der Waals surface area contributed by atoms with E-state index in [1.54, 1.807) is 24.3 Å². The fraction of sp³-hybridized carbons (Fsp3) is 0.462. The van der Waals surface area contributed by atoms with Crippen molar-refractivity contribution in [3.8, 4) is 5.75 Å². The van der Waals surface area contributed by atoms with E-state index >= 15 is 0 Å². The number of amides is 2. The number of rotatable bonds is 8. The van der Waals surface area contributed by atoms with Gasteiger partial charge in [-0.3, -0.25) is 9.59 Å². The van der Waals surface area contributed by atoms with E-state index < -0.39 is 0 Å². The largest absolute Gasteiger partial charge is 0.493 e. The van der Waals surface area contributed by atoms with Crippen LogP contribution in [0.4, 0.5) is 5.69 Å². The molecule has 0 bridgehead atoms. The van der Waals surface area contributed by atoms with Gasteiger partial charge < -0.3 is 15.0 Å². The Morgan fingerprint density at radius 1 is 1.09 bits per heavy atom. The van der Waals surface area contributed by atoms with Crippen molar-refractivity contribution in [2.24, 2.45) is 5.92 Å². The molecule has 3 rings (SSSR count). The van der Waals surface area contributed by atoms with Crippen LogP contribution in [0.1, 0.15) is 73.1 Å². The number of carbonyl (C=O) groups excluding carboxylic acids is 2. The van der Waals surface area contributed by atoms with Gasteiger partial charge in [0.2, 0.25) is 0 Å². The van der Waals surface area contributed by atoms with Crippen molar-refractivity contribution in [3.63, 3.8) is 0 Å². The highest BCUT2D eigenvalue weighted by molar-refractivity contribution is 9.10. The maximum absolute atomic E-state index is 13.3. The van der Waals surface area contributed by atoms with Gasteiger partial charge >= 0.3 is 0 Å². The Balaban J connectivity index is 1.79. The van der Waals surface area contributed by atoms with Crippen molar-refractivity contribution in [2.75, 3.05) is 19.0 Å². The van der Waals surface area contributed by atoms with Gasteiger partial charge in [-0.1, -0.05) is 61.2 Å². The van der Waals surface area contributed by atoms with Crippen molar-refractivity contribution in [2.45, 2.75) is 58.4 Å². The standard InChI is InChI=1S/C26H33BrN2O3/c1-18(2)15-16-32-24-14-13-19(27)17-22(24)25(30)28-23-12-8-7-11-21(23)26(31)29(3)20-9-5-4-6-10-20/h7-8,11-14,17-18,20H,4-6,9-10,15-16H2,1-3H3,(H,28,30). The Kier molecular flexibility index (Phi) is 8.74. The highest BCUT2D eigenvalue weighted by Gasteiger charge is 2.25. The molecule has 172 valence electrons. The summed E-state index contributed by atoms with van der Waals surface area (Å²) >= 11 is 3.45. The summed E-state index contributed by atoms with van der Waals surface area (Å²) in [4.78, 5) is 28.3. The molecular weight excluding hydrogens is 468 g/mol. The first-order valence-corrected chi connectivity index (χ1v) is 12.3. The third-order valence-corrected chi connectivity index (χ3v) is 6.48. The number of anilines is 1. The lowest BCUT2D eigenvalue weighted by molar-refractivity contribution is 0.0697. The Labute approximate surface area is 199 Å². The summed E-state index contributed by atoms with van der Waals surface area (Å²) in [6.45, 7) is 4.81. The van der Waals surface area contributed by atoms with Crippen LogP contribution in [0.2, 0.25) is 0 Å². The van der Waals surface area contributed by atoms with Gasteiger partial charge in [0.25, 0.3) is 11.8 Å². The highest BCUT2D eigenvalue weighted by Crippen LogP contribution is 2.28. The summed E-state index contributed by atoms with van der Waals surface area (Å²) in [7, 11) is 1.87. The smallest absolute Gasteiger partial charge is 0.259 e. The summed E-state index contributed by atoms with van der Waals surface area (Å²) in [6, 6.07) is 12.9. The van der Waals surface area contributed by atoms with Crippen LogP contribution in [-0.4, -0.2) is 36.4 Å². The SMILES string of the molecule is CC(C)CCOc1ccc(Br)cc1C(=O)Nc1ccccc1C(=O)N(C)C1CCCCC1. The first-order valence-electron chi connectivity index (χ1n) is 11.5. The van der Waals surface area contributed by atoms with Crippen molar-refractivity contribution in [1.82, 2.24) is 4.90 Å². The van der Waals surface area contributed by atoms with E-state index in [2.05, 4.69) is 35.1 Å². The van der Waals surface area contributed by atoms with Gasteiger partial charge in [-0.25, -0.2) is 0 Å². The highest BCUT2D eigenvalue weighted by atomic mass is 79.9. The van der Waals surface area contributed by atoms with E-state index in [0.717, 1.165) is 36.6 Å². The molecule has 0 heterocycles. The molecule has 1 aliphatic rings. The van der Waals surface area contributed by atoms with Crippen molar-refractivity contribution < 1.29 is 14.3 Å². The molecule has 1 saturated carbocycles. The minimum Gasteiger partial charge on any atom is -0.493 e. The molecular formula is C26H33BrN2O3. The van der Waals surface area contributed by atoms with Crippen LogP contribution < -0.4 is 10.1 Å². The molecule has 2 aromatic carbocycles. The zero-order valence-electron chi connectivity index (χ0n) is 19.2. The maximum atomic E-state index is 13.3. The number of nitrogens with one attached hydrogen (secondary N) is 1. The fourth-order valence-corrected chi connectivity index (χ4v) is 4.36. The molecule has 1 aliphatic carbocycles. The number of nitrogens with zero attached hydrogens (tertiary/aromatic N) is 1. The van der Waals surface area contributed by atoms with Gasteiger partial charge in [0.05, 0.1) is 23.4 Å². The topological polar surface area (TPSA) is 58.6 Å². The Hall–Kier alpha value is -2.34. The minimum absolute atomic E-state index is 0.0598. The van der Waals surface area contributed by atoms with Crippen LogP contribution in [-0.2, 0) is 0 Å². The van der Waals surface area contributed by atoms with E-state index in [1.165, 1.54) is 6.42 Å². The normalized spacial score (nSPS) is 14.3. The van der Waals surface area contributed by atoms with Gasteiger partial charge in [-0.2, -0.15) is 0 Å². The van der Waals surface area contributed by atoms with Crippen LogP contribution >= 0.6 is 15.9 Å². The second-order valence-corrected chi connectivity index (χ2v) is 9.79. The lowest BCUT2D eigenvalue weighted by Crippen LogP contribution is -2.38. The summed E-state index contributed by atoms with van der Waals surface area (Å²) < 4.78 is 6.69. The quantitative estimate of drug-likeness (QED) is 0.448. The molecule has 0 spiro atoms. The Morgan fingerprint density at radius 2 is 1.81 bits per heavy atom. The number of carbonyl (C=O) groups is 2. The van der Waals surface area contributed by atoms with Crippen LogP contribution in [0.3, 0.4) is 0 Å². The molecule has 5 nitrogen and oxygen atoms in total. The summed E-state index contributed by atoms with van der Waals surface area (Å²) in [5.41, 5.74) is 1.45. The van der Waals surface area contributed by atoms with E-state index in [9.17, 15) is 9.59 Å². The number of para-hydroxylation sites is 1. The van der Waals surface area contributed by atoms with Gasteiger partial charge in [-0.05, 0) is 55.5 Å². The van der Waals surface area contributed by atoms with Gasteiger partial charge in [0.15, 0.2) is 0 Å². The minimum atomic E-state index is -0.300. The molecule has 0 aromatic heterocycles. The zero-order valence-corrected chi connectivity index (χ0v) is 20.8. The first-order chi connectivity index (χ1) is 15.4. The molecule has 0 radical (unpaired) electrons. The van der Waals surface area contributed by atoms with Gasteiger partial charge in [-0.15, -0.1) is 0 Å². The van der Waals surface area contributed by atoms with E-state index in [4.69, 9.17) is 4.74 Å². The molecule has 2 amide bonds. The maximum Gasteiger partial charge on any atom is 0.259 e. The van der Waals surface area contributed by atoms with Gasteiger partial charge in [0.1, 0.15) is 5.75 Å². The van der Waals surface area contributed by atoms with Crippen molar-refractivity contribution in [1.29, 1.82) is 0 Å². The molecule has 0 saturated heterocycles. The van der Waals surface area contributed by atoms with Crippen molar-refractivity contribution >= 4 is 33.4 Å². The van der Waals surface area contributed by atoms with E-state index in [-0.39, 0.29) is 17.9 Å². The predicted octanol–water partition coefficient (Wildman–Crippen LogP) is 6.53. The average Bonchev–Trinajstić information content (AvgIpc) is 2.79. The van der Waals surface area contributed by atoms with E-state index in [1.807, 2.05) is 30.1 Å².